The SMILES string of the molecule is COC(=O)[C@@H](C)F.COC(=O)[C@H](C)O.COC(=O)[C@H](C)OS(=O)Cl.COC(=O)[C@H](C)OS(=O)F.F.O=S(Cl)Cl. The van der Waals surface area contributed by atoms with E-state index in [2.05, 4.69) is 48.7 Å². The summed E-state index contributed by atoms with van der Waals surface area (Å²) < 4.78 is 76.8. The molecule has 6 atom stereocenters. The molecule has 0 bridgehead atoms. The van der Waals surface area contributed by atoms with E-state index in [1.807, 2.05) is 0 Å². The number of methoxy groups -OCH3 is 4. The number of hydrogen-bond acceptors (Lipinski definition) is 14. The Balaban J connectivity index is -0.0000000892. The van der Waals surface area contributed by atoms with Gasteiger partial charge in [0.25, 0.3) is 10.3 Å². The van der Waals surface area contributed by atoms with Gasteiger partial charge in [0.05, 0.1) is 28.4 Å². The molecule has 0 saturated heterocycles. The van der Waals surface area contributed by atoms with Crippen LogP contribution in [0.3, 0.4) is 0 Å². The number of carbonyl (C=O) groups is 4. The summed E-state index contributed by atoms with van der Waals surface area (Å²) in [7, 11) is 15.0. The molecule has 0 rings (SSSR count). The van der Waals surface area contributed by atoms with E-state index in [1.165, 1.54) is 35.0 Å². The van der Waals surface area contributed by atoms with Crippen LogP contribution in [0, 0.1) is 0 Å². The molecule has 0 aromatic heterocycles. The Hall–Kier alpha value is -1.13. The number of carbonyl (C=O) groups excluding carboxylic acids is 4. The molecule has 2 unspecified atom stereocenters. The Kier molecular flexibility index (Phi) is 43.0. The quantitative estimate of drug-likeness (QED) is 0.218. The monoisotopic (exact) mass is 704 g/mol. The number of alkyl halides is 1. The van der Waals surface area contributed by atoms with E-state index >= 15 is 0 Å². The molecular weight excluding hydrogens is 676 g/mol. The lowest BCUT2D eigenvalue weighted by Crippen LogP contribution is -2.21. The second kappa shape index (κ2) is 33.1. The highest BCUT2D eigenvalue weighted by Crippen LogP contribution is 2.00. The van der Waals surface area contributed by atoms with E-state index in [1.54, 1.807) is 0 Å². The van der Waals surface area contributed by atoms with Gasteiger partial charge in [-0.05, 0) is 27.7 Å². The van der Waals surface area contributed by atoms with Gasteiger partial charge in [-0.1, -0.05) is 0 Å². The molecule has 0 aromatic rings. The van der Waals surface area contributed by atoms with Crippen molar-refractivity contribution in [3.05, 3.63) is 0 Å². The fraction of sp³-hybridized carbons (Fsp3) is 0.750. The van der Waals surface area contributed by atoms with Gasteiger partial charge in [0, 0.05) is 32.0 Å². The Morgan fingerprint density at radius 1 is 0.692 bits per heavy atom. The maximum Gasteiger partial charge on any atom is 0.345 e. The van der Waals surface area contributed by atoms with Crippen LogP contribution in [-0.2, 0) is 77.5 Å². The first kappa shape index (κ1) is 50.7. The lowest BCUT2D eigenvalue weighted by atomic mass is 10.4. The van der Waals surface area contributed by atoms with Crippen LogP contribution >= 0.6 is 32.0 Å². The van der Waals surface area contributed by atoms with Crippen molar-refractivity contribution >= 4 is 86.9 Å². The number of halogens is 6. The molecule has 0 fully saturated rings. The first-order valence-corrected chi connectivity index (χ1v) is 14.8. The second-order valence-corrected chi connectivity index (χ2v) is 9.88. The molecule has 23 heteroatoms. The molecule has 0 heterocycles. The average Bonchev–Trinajstić information content (AvgIpc) is 2.81. The Morgan fingerprint density at radius 2 is 0.974 bits per heavy atom. The summed E-state index contributed by atoms with van der Waals surface area (Å²) >= 11 is -2.92. The summed E-state index contributed by atoms with van der Waals surface area (Å²) in [5.74, 6) is -2.78. The largest absolute Gasteiger partial charge is 0.467 e. The van der Waals surface area contributed by atoms with Gasteiger partial charge in [0.1, 0.15) is 6.10 Å². The molecule has 1 N–H and O–H groups in total. The molecule has 238 valence electrons. The normalized spacial score (nSPS) is 13.7. The summed E-state index contributed by atoms with van der Waals surface area (Å²) in [6, 6.07) is 0. The van der Waals surface area contributed by atoms with Gasteiger partial charge in [0.15, 0.2) is 18.4 Å². The molecule has 0 saturated carbocycles. The number of esters is 4. The summed E-state index contributed by atoms with van der Waals surface area (Å²) in [6.07, 6.45) is -4.51. The minimum atomic E-state index is -2.92. The summed E-state index contributed by atoms with van der Waals surface area (Å²) in [4.78, 5) is 40.9. The van der Waals surface area contributed by atoms with Gasteiger partial charge in [-0.15, -0.1) is 3.89 Å². The standard InChI is InChI=1S/C4H7ClO4S.C4H7FO4S.C4H7FO2.C4H8O3.Cl2OS.FH/c2*1-3(4(6)8-2)9-10(5)7;2*1-3(5)4(6)7-2;1-4(2)3;/h2*3H,1-2H3;3H,1-2H3;3,5H,1-2H3;;1H/t2*3-,10?;2*3-;;/m0010../s1. The maximum atomic E-state index is 11.6. The average molecular weight is 706 g/mol. The lowest BCUT2D eigenvalue weighted by molar-refractivity contribution is -0.149. The van der Waals surface area contributed by atoms with Gasteiger partial charge in [0.2, 0.25) is 9.23 Å². The van der Waals surface area contributed by atoms with E-state index in [9.17, 15) is 35.9 Å². The van der Waals surface area contributed by atoms with Crippen molar-refractivity contribution in [2.45, 2.75) is 52.2 Å². The van der Waals surface area contributed by atoms with Crippen LogP contribution in [0.5, 0.6) is 0 Å². The van der Waals surface area contributed by atoms with Crippen LogP contribution in [0.25, 0.3) is 0 Å². The van der Waals surface area contributed by atoms with E-state index in [0.717, 1.165) is 21.1 Å². The van der Waals surface area contributed by atoms with Crippen LogP contribution in [0.4, 0.5) is 13.0 Å². The highest BCUT2D eigenvalue weighted by molar-refractivity contribution is 8.26. The minimum Gasteiger partial charge on any atom is -0.467 e. The Morgan fingerprint density at radius 3 is 1.10 bits per heavy atom. The fourth-order valence-electron chi connectivity index (χ4n) is 0.970. The van der Waals surface area contributed by atoms with Gasteiger partial charge in [-0.25, -0.2) is 32.0 Å². The van der Waals surface area contributed by atoms with Crippen molar-refractivity contribution in [2.75, 3.05) is 28.4 Å². The van der Waals surface area contributed by atoms with Crippen LogP contribution in [-0.4, -0.2) is 94.5 Å². The minimum absolute atomic E-state index is 0. The van der Waals surface area contributed by atoms with Crippen molar-refractivity contribution in [1.82, 2.24) is 0 Å². The van der Waals surface area contributed by atoms with Gasteiger partial charge in [-0.3, -0.25) is 13.1 Å². The van der Waals surface area contributed by atoms with Crippen molar-refractivity contribution < 1.29 is 77.2 Å². The van der Waals surface area contributed by atoms with Crippen LogP contribution in [0.2, 0.25) is 0 Å². The van der Waals surface area contributed by atoms with E-state index in [0.29, 0.717) is 0 Å². The molecule has 14 nitrogen and oxygen atoms in total. The van der Waals surface area contributed by atoms with Crippen molar-refractivity contribution in [1.29, 1.82) is 0 Å². The second-order valence-electron chi connectivity index (χ2n) is 5.43. The topological polar surface area (TPSA) is 195 Å². The van der Waals surface area contributed by atoms with Gasteiger partial charge >= 0.3 is 35.3 Å². The highest BCUT2D eigenvalue weighted by atomic mass is 36.0. The van der Waals surface area contributed by atoms with Crippen LogP contribution < -0.4 is 0 Å². The number of hydrogen-bond donors (Lipinski definition) is 1. The first-order valence-electron chi connectivity index (χ1n) is 9.13. The number of aliphatic hydroxyl groups is 1. The molecule has 0 spiro atoms. The number of ether oxygens (including phenoxy) is 4. The molecule has 0 aliphatic carbocycles. The van der Waals surface area contributed by atoms with Crippen LogP contribution in [0.15, 0.2) is 0 Å². The predicted molar refractivity (Wildman–Crippen MR) is 137 cm³/mol. The molecular formula is C16H30Cl3F3O14S3. The molecule has 0 aliphatic rings. The predicted octanol–water partition coefficient (Wildman–Crippen LogP) is 1.75. The highest BCUT2D eigenvalue weighted by Gasteiger charge is 2.17. The van der Waals surface area contributed by atoms with E-state index in [4.69, 9.17) is 20.0 Å². The third-order valence-electron chi connectivity index (χ3n) is 2.57. The van der Waals surface area contributed by atoms with Crippen molar-refractivity contribution in [2.24, 2.45) is 0 Å². The van der Waals surface area contributed by atoms with Crippen LogP contribution in [0.1, 0.15) is 27.7 Å². The Labute approximate surface area is 244 Å². The zero-order valence-corrected chi connectivity index (χ0v) is 26.3. The third-order valence-corrected chi connectivity index (χ3v) is 3.67. The Bertz CT molecular complexity index is 693. The van der Waals surface area contributed by atoms with E-state index < -0.39 is 79.3 Å². The molecule has 0 aliphatic heterocycles. The number of aliphatic hydroxyl groups excluding tert-OH is 1. The van der Waals surface area contributed by atoms with Crippen molar-refractivity contribution in [3.8, 4) is 0 Å². The molecule has 39 heavy (non-hydrogen) atoms. The molecule has 0 radical (unpaired) electrons. The summed E-state index contributed by atoms with van der Waals surface area (Å²) in [6.45, 7) is 5.12. The fourth-order valence-corrected chi connectivity index (χ4v) is 1.91. The van der Waals surface area contributed by atoms with Gasteiger partial charge < -0.3 is 24.1 Å². The maximum absolute atomic E-state index is 11.6. The summed E-state index contributed by atoms with van der Waals surface area (Å²) in [5.41, 5.74) is 0. The van der Waals surface area contributed by atoms with Crippen molar-refractivity contribution in [3.63, 3.8) is 0 Å². The lowest BCUT2D eigenvalue weighted by Gasteiger charge is -2.04. The zero-order valence-electron chi connectivity index (χ0n) is 21.6. The van der Waals surface area contributed by atoms with E-state index in [-0.39, 0.29) is 4.70 Å². The smallest absolute Gasteiger partial charge is 0.345 e. The molecule has 0 aromatic carbocycles. The first-order chi connectivity index (χ1) is 17.2. The zero-order chi connectivity index (χ0) is 31.6. The van der Waals surface area contributed by atoms with Gasteiger partial charge in [-0.2, -0.15) is 4.21 Å². The summed E-state index contributed by atoms with van der Waals surface area (Å²) in [5, 5.41) is 8.35. The third kappa shape index (κ3) is 47.0. The molecule has 0 amide bonds. The number of rotatable bonds is 8.